The summed E-state index contributed by atoms with van der Waals surface area (Å²) in [6.45, 7) is 1.95. The van der Waals surface area contributed by atoms with Crippen molar-refractivity contribution in [1.82, 2.24) is 5.43 Å². The molecule has 0 fully saturated rings. The minimum absolute atomic E-state index is 0.195. The number of hydrogen-bond donors (Lipinski definition) is 2. The number of phenolic OH excluding ortho intramolecular Hbond substituents is 1. The molecule has 0 heterocycles. The fourth-order valence-corrected chi connectivity index (χ4v) is 2.73. The molecule has 0 saturated carbocycles. The van der Waals surface area contributed by atoms with Gasteiger partial charge in [-0.2, -0.15) is 5.10 Å². The number of hydrogen-bond acceptors (Lipinski definition) is 4. The van der Waals surface area contributed by atoms with Gasteiger partial charge in [-0.05, 0) is 77.0 Å². The first-order valence-electron chi connectivity index (χ1n) is 7.05. The molecule has 0 unspecified atom stereocenters. The monoisotopic (exact) mass is 424 g/mol. The van der Waals surface area contributed by atoms with Crippen molar-refractivity contribution in [2.24, 2.45) is 5.10 Å². The summed E-state index contributed by atoms with van der Waals surface area (Å²) in [5, 5.41) is 13.5. The Morgan fingerprint density at radius 3 is 2.43 bits per heavy atom. The number of rotatable bonds is 5. The van der Waals surface area contributed by atoms with Crippen LogP contribution in [0.15, 0.2) is 47.6 Å². The van der Waals surface area contributed by atoms with Crippen LogP contribution in [-0.4, -0.2) is 23.8 Å². The van der Waals surface area contributed by atoms with Crippen LogP contribution in [0.1, 0.15) is 29.3 Å². The molecule has 23 heavy (non-hydrogen) atoms. The highest BCUT2D eigenvalue weighted by atomic mass is 127. The molecule has 0 aliphatic carbocycles. The molecular formula is C17H17IN2O3. The third-order valence-electron chi connectivity index (χ3n) is 3.24. The Balaban J connectivity index is 2.15. The van der Waals surface area contributed by atoms with Crippen LogP contribution in [0.2, 0.25) is 0 Å². The summed E-state index contributed by atoms with van der Waals surface area (Å²) in [6.07, 6.45) is 0.658. The molecule has 6 heteroatoms. The number of nitrogens with zero attached hydrogens (tertiary/aromatic N) is 1. The molecule has 2 aromatic carbocycles. The topological polar surface area (TPSA) is 70.9 Å². The lowest BCUT2D eigenvalue weighted by Gasteiger charge is -2.07. The zero-order chi connectivity index (χ0) is 16.8. The van der Waals surface area contributed by atoms with Crippen molar-refractivity contribution in [2.45, 2.75) is 13.3 Å². The number of ether oxygens (including phenoxy) is 1. The van der Waals surface area contributed by atoms with Crippen LogP contribution in [0.4, 0.5) is 0 Å². The van der Waals surface area contributed by atoms with Gasteiger partial charge >= 0.3 is 0 Å². The molecule has 2 aromatic rings. The van der Waals surface area contributed by atoms with Gasteiger partial charge in [-0.1, -0.05) is 6.92 Å². The van der Waals surface area contributed by atoms with E-state index in [1.54, 1.807) is 49.6 Å². The number of amides is 1. The van der Waals surface area contributed by atoms with E-state index >= 15 is 0 Å². The first-order valence-corrected chi connectivity index (χ1v) is 8.13. The number of benzene rings is 2. The maximum Gasteiger partial charge on any atom is 0.271 e. The molecule has 0 aliphatic heterocycles. The second kappa shape index (κ2) is 7.96. The average Bonchev–Trinajstić information content (AvgIpc) is 2.56. The van der Waals surface area contributed by atoms with E-state index in [0.29, 0.717) is 12.0 Å². The van der Waals surface area contributed by atoms with E-state index in [1.165, 1.54) is 0 Å². The second-order valence-corrected chi connectivity index (χ2v) is 5.91. The summed E-state index contributed by atoms with van der Waals surface area (Å²) in [5.41, 5.74) is 4.68. The van der Waals surface area contributed by atoms with Gasteiger partial charge in [0.05, 0.1) is 16.4 Å². The lowest BCUT2D eigenvalue weighted by Crippen LogP contribution is -2.20. The Kier molecular flexibility index (Phi) is 5.97. The minimum Gasteiger partial charge on any atom is -0.508 e. The molecule has 0 aliphatic rings. The maximum absolute atomic E-state index is 12.2. The van der Waals surface area contributed by atoms with Crippen LogP contribution in [0.25, 0.3) is 0 Å². The molecule has 2 rings (SSSR count). The van der Waals surface area contributed by atoms with Gasteiger partial charge in [-0.15, -0.1) is 0 Å². The number of phenols is 1. The number of methoxy groups -OCH3 is 1. The van der Waals surface area contributed by atoms with E-state index in [0.717, 1.165) is 20.6 Å². The number of carbonyl (C=O) groups is 1. The average molecular weight is 424 g/mol. The SMILES string of the molecule is CCC(=NNC(=O)c1ccc(OC)c(I)c1)c1ccc(O)cc1. The van der Waals surface area contributed by atoms with E-state index in [-0.39, 0.29) is 11.7 Å². The van der Waals surface area contributed by atoms with E-state index in [1.807, 2.05) is 6.92 Å². The van der Waals surface area contributed by atoms with Crippen molar-refractivity contribution in [3.05, 3.63) is 57.2 Å². The highest BCUT2D eigenvalue weighted by molar-refractivity contribution is 14.1. The first-order chi connectivity index (χ1) is 11.0. The van der Waals surface area contributed by atoms with Crippen LogP contribution in [0.5, 0.6) is 11.5 Å². The van der Waals surface area contributed by atoms with Crippen LogP contribution in [-0.2, 0) is 0 Å². The summed E-state index contributed by atoms with van der Waals surface area (Å²) in [4.78, 5) is 12.2. The lowest BCUT2D eigenvalue weighted by molar-refractivity contribution is 0.0954. The predicted octanol–water partition coefficient (Wildman–Crippen LogP) is 3.55. The number of aromatic hydroxyl groups is 1. The summed E-state index contributed by atoms with van der Waals surface area (Å²) < 4.78 is 6.03. The van der Waals surface area contributed by atoms with E-state index in [2.05, 4.69) is 33.1 Å². The van der Waals surface area contributed by atoms with E-state index in [9.17, 15) is 9.90 Å². The molecular weight excluding hydrogens is 407 g/mol. The molecule has 0 saturated heterocycles. The third kappa shape index (κ3) is 4.44. The Hall–Kier alpha value is -2.09. The molecule has 2 N–H and O–H groups in total. The van der Waals surface area contributed by atoms with Gasteiger partial charge in [0.1, 0.15) is 11.5 Å². The molecule has 0 spiro atoms. The second-order valence-electron chi connectivity index (χ2n) is 4.75. The lowest BCUT2D eigenvalue weighted by atomic mass is 10.1. The number of carbonyl (C=O) groups excluding carboxylic acids is 1. The van der Waals surface area contributed by atoms with Crippen LogP contribution in [0, 0.1) is 3.57 Å². The summed E-state index contributed by atoms with van der Waals surface area (Å²) in [7, 11) is 1.59. The summed E-state index contributed by atoms with van der Waals surface area (Å²) >= 11 is 2.12. The van der Waals surface area contributed by atoms with Crippen molar-refractivity contribution < 1.29 is 14.6 Å². The fraction of sp³-hybridized carbons (Fsp3) is 0.176. The Bertz CT molecular complexity index is 727. The maximum atomic E-state index is 12.2. The van der Waals surface area contributed by atoms with Gasteiger partial charge in [0.2, 0.25) is 0 Å². The zero-order valence-corrected chi connectivity index (χ0v) is 15.0. The normalized spacial score (nSPS) is 11.2. The van der Waals surface area contributed by atoms with Crippen molar-refractivity contribution in [3.63, 3.8) is 0 Å². The van der Waals surface area contributed by atoms with E-state index in [4.69, 9.17) is 4.74 Å². The molecule has 5 nitrogen and oxygen atoms in total. The minimum atomic E-state index is -0.282. The summed E-state index contributed by atoms with van der Waals surface area (Å²) in [6, 6.07) is 11.9. The van der Waals surface area contributed by atoms with Gasteiger partial charge in [0.25, 0.3) is 5.91 Å². The smallest absolute Gasteiger partial charge is 0.271 e. The Morgan fingerprint density at radius 2 is 1.87 bits per heavy atom. The van der Waals surface area contributed by atoms with Crippen LogP contribution >= 0.6 is 22.6 Å². The summed E-state index contributed by atoms with van der Waals surface area (Å²) in [5.74, 6) is 0.639. The highest BCUT2D eigenvalue weighted by Gasteiger charge is 2.09. The molecule has 1 amide bonds. The molecule has 0 aromatic heterocycles. The number of nitrogens with one attached hydrogen (secondary N) is 1. The van der Waals surface area contributed by atoms with Crippen molar-refractivity contribution in [3.8, 4) is 11.5 Å². The quantitative estimate of drug-likeness (QED) is 0.438. The van der Waals surface area contributed by atoms with Gasteiger partial charge in [0.15, 0.2) is 0 Å². The molecule has 0 radical (unpaired) electrons. The molecule has 0 bridgehead atoms. The van der Waals surface area contributed by atoms with Crippen molar-refractivity contribution in [1.29, 1.82) is 0 Å². The fourth-order valence-electron chi connectivity index (χ4n) is 1.99. The van der Waals surface area contributed by atoms with Crippen molar-refractivity contribution >= 4 is 34.2 Å². The van der Waals surface area contributed by atoms with Gasteiger partial charge < -0.3 is 9.84 Å². The first kappa shape index (κ1) is 17.3. The van der Waals surface area contributed by atoms with Crippen LogP contribution < -0.4 is 10.2 Å². The molecule has 0 atom stereocenters. The van der Waals surface area contributed by atoms with Gasteiger partial charge in [-0.25, -0.2) is 5.43 Å². The standard InChI is InChI=1S/C17H17IN2O3/c1-3-15(11-4-7-13(21)8-5-11)19-20-17(22)12-6-9-16(23-2)14(18)10-12/h4-10,21H,3H2,1-2H3,(H,20,22). The van der Waals surface area contributed by atoms with Gasteiger partial charge in [-0.3, -0.25) is 4.79 Å². The number of hydrazone groups is 1. The Labute approximate surface area is 148 Å². The largest absolute Gasteiger partial charge is 0.508 e. The van der Waals surface area contributed by atoms with Crippen LogP contribution in [0.3, 0.4) is 0 Å². The number of halogens is 1. The van der Waals surface area contributed by atoms with Crippen molar-refractivity contribution in [2.75, 3.05) is 7.11 Å². The molecule has 120 valence electrons. The highest BCUT2D eigenvalue weighted by Crippen LogP contribution is 2.21. The van der Waals surface area contributed by atoms with Gasteiger partial charge in [0, 0.05) is 5.56 Å². The Morgan fingerprint density at radius 1 is 1.22 bits per heavy atom. The predicted molar refractivity (Wildman–Crippen MR) is 98.1 cm³/mol. The van der Waals surface area contributed by atoms with E-state index < -0.39 is 0 Å². The zero-order valence-electron chi connectivity index (χ0n) is 12.8. The third-order valence-corrected chi connectivity index (χ3v) is 4.08.